The number of para-hydroxylation sites is 1. The lowest BCUT2D eigenvalue weighted by molar-refractivity contribution is -0.131. The molecule has 0 spiro atoms. The summed E-state index contributed by atoms with van der Waals surface area (Å²) in [5, 5.41) is 8.63. The molecule has 0 saturated carbocycles. The molecule has 102 valence electrons. The Labute approximate surface area is 121 Å². The van der Waals surface area contributed by atoms with Crippen LogP contribution >= 0.6 is 11.3 Å². The van der Waals surface area contributed by atoms with Gasteiger partial charge in [-0.05, 0) is 36.3 Å². The van der Waals surface area contributed by atoms with Gasteiger partial charge in [-0.1, -0.05) is 18.2 Å². The minimum absolute atomic E-state index is 0.891. The highest BCUT2D eigenvalue weighted by Crippen LogP contribution is 2.30. The average molecular weight is 285 g/mol. The van der Waals surface area contributed by atoms with Gasteiger partial charge in [0, 0.05) is 28.1 Å². The highest BCUT2D eigenvalue weighted by molar-refractivity contribution is 7.12. The summed E-state index contributed by atoms with van der Waals surface area (Å²) in [6, 6.07) is 12.6. The lowest BCUT2D eigenvalue weighted by Gasteiger charge is -2.18. The molecule has 3 rings (SSSR count). The standard InChI is InChI=1S/C16H15NO2S/c18-16(19)8-7-13-5-6-14(20-13)11-17-10-9-12-3-1-2-4-15(12)17/h1-8H,9-11H2,(H,18,19). The number of nitrogens with zero attached hydrogens (tertiary/aromatic N) is 1. The number of thiophene rings is 1. The first kappa shape index (κ1) is 12.9. The van der Waals surface area contributed by atoms with Gasteiger partial charge in [0.05, 0.1) is 6.54 Å². The maximum Gasteiger partial charge on any atom is 0.328 e. The molecule has 0 amide bonds. The fraction of sp³-hybridized carbons (Fsp3) is 0.188. The monoisotopic (exact) mass is 285 g/mol. The summed E-state index contributed by atoms with van der Waals surface area (Å²) in [5.74, 6) is -0.909. The van der Waals surface area contributed by atoms with Crippen LogP contribution in [0.25, 0.3) is 6.08 Å². The van der Waals surface area contributed by atoms with Gasteiger partial charge in [-0.15, -0.1) is 11.3 Å². The molecule has 0 radical (unpaired) electrons. The number of carboxylic acids is 1. The molecule has 0 aliphatic carbocycles. The maximum atomic E-state index is 10.5. The molecule has 1 aromatic heterocycles. The van der Waals surface area contributed by atoms with Gasteiger partial charge in [-0.25, -0.2) is 4.79 Å². The van der Waals surface area contributed by atoms with E-state index in [2.05, 4.69) is 35.2 Å². The molecule has 3 nitrogen and oxygen atoms in total. The van der Waals surface area contributed by atoms with Crippen molar-refractivity contribution in [1.82, 2.24) is 0 Å². The number of anilines is 1. The number of carbonyl (C=O) groups is 1. The van der Waals surface area contributed by atoms with Crippen LogP contribution in [-0.2, 0) is 17.8 Å². The van der Waals surface area contributed by atoms with Crippen molar-refractivity contribution in [3.05, 3.63) is 57.8 Å². The Balaban J connectivity index is 1.72. The topological polar surface area (TPSA) is 40.5 Å². The van der Waals surface area contributed by atoms with Crippen LogP contribution in [0.5, 0.6) is 0 Å². The molecule has 20 heavy (non-hydrogen) atoms. The van der Waals surface area contributed by atoms with E-state index in [1.54, 1.807) is 17.4 Å². The predicted molar refractivity (Wildman–Crippen MR) is 82.2 cm³/mol. The van der Waals surface area contributed by atoms with Crippen molar-refractivity contribution in [2.75, 3.05) is 11.4 Å². The lowest BCUT2D eigenvalue weighted by Crippen LogP contribution is -2.18. The van der Waals surface area contributed by atoms with Crippen molar-refractivity contribution < 1.29 is 9.90 Å². The van der Waals surface area contributed by atoms with Crippen LogP contribution in [0, 0.1) is 0 Å². The van der Waals surface area contributed by atoms with Gasteiger partial charge in [0.1, 0.15) is 0 Å². The highest BCUT2D eigenvalue weighted by atomic mass is 32.1. The molecule has 4 heteroatoms. The van der Waals surface area contributed by atoms with Crippen molar-refractivity contribution in [1.29, 1.82) is 0 Å². The molecule has 1 aromatic carbocycles. The van der Waals surface area contributed by atoms with E-state index < -0.39 is 5.97 Å². The summed E-state index contributed by atoms with van der Waals surface area (Å²) in [5.41, 5.74) is 2.73. The normalized spacial score (nSPS) is 13.9. The number of benzene rings is 1. The molecular weight excluding hydrogens is 270 g/mol. The second-order valence-electron chi connectivity index (χ2n) is 4.78. The Kier molecular flexibility index (Phi) is 3.56. The minimum Gasteiger partial charge on any atom is -0.478 e. The van der Waals surface area contributed by atoms with Crippen molar-refractivity contribution in [3.8, 4) is 0 Å². The van der Waals surface area contributed by atoms with Gasteiger partial charge < -0.3 is 10.0 Å². The number of hydrogen-bond donors (Lipinski definition) is 1. The van der Waals surface area contributed by atoms with Gasteiger partial charge in [0.25, 0.3) is 0 Å². The second-order valence-corrected chi connectivity index (χ2v) is 5.98. The van der Waals surface area contributed by atoms with Crippen molar-refractivity contribution in [3.63, 3.8) is 0 Å². The van der Waals surface area contributed by atoms with Gasteiger partial charge in [-0.3, -0.25) is 0 Å². The second kappa shape index (κ2) is 5.51. The molecule has 1 N–H and O–H groups in total. The Bertz CT molecular complexity index is 660. The zero-order chi connectivity index (χ0) is 13.9. The molecule has 1 aliphatic rings. The fourth-order valence-corrected chi connectivity index (χ4v) is 3.41. The largest absolute Gasteiger partial charge is 0.478 e. The Morgan fingerprint density at radius 2 is 2.15 bits per heavy atom. The number of rotatable bonds is 4. The maximum absolute atomic E-state index is 10.5. The minimum atomic E-state index is -0.909. The third kappa shape index (κ3) is 2.75. The first-order valence-electron chi connectivity index (χ1n) is 6.55. The van der Waals surface area contributed by atoms with Gasteiger partial charge >= 0.3 is 5.97 Å². The predicted octanol–water partition coefficient (Wildman–Crippen LogP) is 3.41. The first-order valence-corrected chi connectivity index (χ1v) is 7.36. The van der Waals surface area contributed by atoms with Crippen molar-refractivity contribution >= 4 is 29.1 Å². The first-order chi connectivity index (χ1) is 9.72. The number of carboxylic acid groups (broad SMARTS) is 1. The van der Waals surface area contributed by atoms with E-state index in [0.717, 1.165) is 24.4 Å². The van der Waals surface area contributed by atoms with Crippen LogP contribution in [0.4, 0.5) is 5.69 Å². The SMILES string of the molecule is O=C(O)C=Cc1ccc(CN2CCc3ccccc32)s1. The van der Waals surface area contributed by atoms with Crippen LogP contribution in [0.1, 0.15) is 15.3 Å². The van der Waals surface area contributed by atoms with Gasteiger partial charge in [0.2, 0.25) is 0 Å². The smallest absolute Gasteiger partial charge is 0.328 e. The molecule has 0 fully saturated rings. The van der Waals surface area contributed by atoms with Crippen LogP contribution in [0.15, 0.2) is 42.5 Å². The zero-order valence-electron chi connectivity index (χ0n) is 11.0. The summed E-state index contributed by atoms with van der Waals surface area (Å²) in [7, 11) is 0. The Morgan fingerprint density at radius 3 is 3.00 bits per heavy atom. The molecule has 0 bridgehead atoms. The Hall–Kier alpha value is -2.07. The number of aliphatic carboxylic acids is 1. The molecule has 2 heterocycles. The fourth-order valence-electron chi connectivity index (χ4n) is 2.48. The number of fused-ring (bicyclic) bond motifs is 1. The quantitative estimate of drug-likeness (QED) is 0.875. The van der Waals surface area contributed by atoms with E-state index in [0.29, 0.717) is 0 Å². The highest BCUT2D eigenvalue weighted by Gasteiger charge is 2.18. The van der Waals surface area contributed by atoms with E-state index in [9.17, 15) is 4.79 Å². The molecule has 2 aromatic rings. The lowest BCUT2D eigenvalue weighted by atomic mass is 10.2. The van der Waals surface area contributed by atoms with Crippen molar-refractivity contribution in [2.45, 2.75) is 13.0 Å². The van der Waals surface area contributed by atoms with E-state index >= 15 is 0 Å². The van der Waals surface area contributed by atoms with E-state index in [1.807, 2.05) is 6.07 Å². The van der Waals surface area contributed by atoms with Crippen LogP contribution < -0.4 is 4.90 Å². The third-order valence-electron chi connectivity index (χ3n) is 3.40. The molecular formula is C16H15NO2S. The average Bonchev–Trinajstić information content (AvgIpc) is 3.05. The van der Waals surface area contributed by atoms with Gasteiger partial charge in [0.15, 0.2) is 0 Å². The summed E-state index contributed by atoms with van der Waals surface area (Å²) < 4.78 is 0. The molecule has 0 atom stereocenters. The summed E-state index contributed by atoms with van der Waals surface area (Å²) in [6.45, 7) is 1.94. The van der Waals surface area contributed by atoms with E-state index in [4.69, 9.17) is 5.11 Å². The van der Waals surface area contributed by atoms with E-state index in [-0.39, 0.29) is 0 Å². The van der Waals surface area contributed by atoms with Crippen molar-refractivity contribution in [2.24, 2.45) is 0 Å². The molecule has 1 aliphatic heterocycles. The Morgan fingerprint density at radius 1 is 1.30 bits per heavy atom. The van der Waals surface area contributed by atoms with Crippen LogP contribution in [0.3, 0.4) is 0 Å². The third-order valence-corrected chi connectivity index (χ3v) is 4.44. The summed E-state index contributed by atoms with van der Waals surface area (Å²) in [4.78, 5) is 15.1. The molecule has 0 unspecified atom stereocenters. The molecule has 0 saturated heterocycles. The van der Waals surface area contributed by atoms with E-state index in [1.165, 1.54) is 22.2 Å². The van der Waals surface area contributed by atoms with Crippen LogP contribution in [0.2, 0.25) is 0 Å². The van der Waals surface area contributed by atoms with Gasteiger partial charge in [-0.2, -0.15) is 0 Å². The number of hydrogen-bond acceptors (Lipinski definition) is 3. The van der Waals surface area contributed by atoms with Crippen LogP contribution in [-0.4, -0.2) is 17.6 Å². The summed E-state index contributed by atoms with van der Waals surface area (Å²) >= 11 is 1.64. The zero-order valence-corrected chi connectivity index (χ0v) is 11.8. The summed E-state index contributed by atoms with van der Waals surface area (Å²) in [6.07, 6.45) is 3.93.